The minimum atomic E-state index is -0.287. The summed E-state index contributed by atoms with van der Waals surface area (Å²) in [5.41, 5.74) is 1.97. The van der Waals surface area contributed by atoms with Gasteiger partial charge < -0.3 is 15.0 Å². The van der Waals surface area contributed by atoms with E-state index >= 15 is 0 Å². The minimum Gasteiger partial charge on any atom is -0.496 e. The van der Waals surface area contributed by atoms with Crippen LogP contribution in [0.2, 0.25) is 0 Å². The Balaban J connectivity index is 1.33. The van der Waals surface area contributed by atoms with Gasteiger partial charge in [0.1, 0.15) is 18.1 Å². The first-order chi connectivity index (χ1) is 16.1. The number of methoxy groups -OCH3 is 1. The number of hydrogen-bond acceptors (Lipinski definition) is 5. The van der Waals surface area contributed by atoms with Crippen molar-refractivity contribution in [2.45, 2.75) is 32.4 Å². The van der Waals surface area contributed by atoms with Gasteiger partial charge in [0.15, 0.2) is 0 Å². The molecule has 1 aliphatic heterocycles. The molecule has 3 aromatic rings. The number of aromatic nitrogens is 2. The lowest BCUT2D eigenvalue weighted by Gasteiger charge is -2.33. The zero-order chi connectivity index (χ0) is 23.0. The minimum absolute atomic E-state index is 0.119. The molecule has 4 rings (SSSR count). The fraction of sp³-hybridized carbons (Fsp3) is 0.346. The van der Waals surface area contributed by atoms with E-state index in [1.165, 1.54) is 16.3 Å². The molecule has 172 valence electrons. The van der Waals surface area contributed by atoms with Crippen molar-refractivity contribution < 1.29 is 9.53 Å². The van der Waals surface area contributed by atoms with Gasteiger partial charge in [0.05, 0.1) is 7.11 Å². The van der Waals surface area contributed by atoms with E-state index < -0.39 is 0 Å². The number of nitrogens with one attached hydrogen (secondary N) is 1. The normalized spacial score (nSPS) is 14.2. The highest BCUT2D eigenvalue weighted by atomic mass is 16.5. The highest BCUT2D eigenvalue weighted by molar-refractivity contribution is 5.75. The molecule has 0 spiro atoms. The maximum absolute atomic E-state index is 12.5. The Morgan fingerprint density at radius 3 is 2.52 bits per heavy atom. The zero-order valence-electron chi connectivity index (χ0n) is 18.9. The number of amides is 1. The quantitative estimate of drug-likeness (QED) is 0.576. The van der Waals surface area contributed by atoms with Crippen molar-refractivity contribution >= 4 is 11.7 Å². The molecule has 2 heterocycles. The van der Waals surface area contributed by atoms with Gasteiger partial charge in [0.2, 0.25) is 5.91 Å². The van der Waals surface area contributed by atoms with Crippen LogP contribution in [0.4, 0.5) is 5.82 Å². The van der Waals surface area contributed by atoms with E-state index in [0.29, 0.717) is 18.2 Å². The molecule has 0 aliphatic carbocycles. The van der Waals surface area contributed by atoms with E-state index in [0.717, 1.165) is 43.7 Å². The van der Waals surface area contributed by atoms with Gasteiger partial charge in [0, 0.05) is 31.3 Å². The summed E-state index contributed by atoms with van der Waals surface area (Å²) in [7, 11) is 1.60. The van der Waals surface area contributed by atoms with E-state index in [2.05, 4.69) is 39.6 Å². The first kappa shape index (κ1) is 22.6. The lowest BCUT2D eigenvalue weighted by molar-refractivity contribution is -0.122. The van der Waals surface area contributed by atoms with Crippen LogP contribution < -0.4 is 20.5 Å². The van der Waals surface area contributed by atoms with Gasteiger partial charge in [-0.2, -0.15) is 5.10 Å². The van der Waals surface area contributed by atoms with Crippen LogP contribution in [0.1, 0.15) is 24.0 Å². The predicted molar refractivity (Wildman–Crippen MR) is 128 cm³/mol. The predicted octanol–water partition coefficient (Wildman–Crippen LogP) is 3.03. The van der Waals surface area contributed by atoms with Gasteiger partial charge in [-0.15, -0.1) is 0 Å². The molecule has 0 bridgehead atoms. The monoisotopic (exact) mass is 446 g/mol. The Hall–Kier alpha value is -3.61. The van der Waals surface area contributed by atoms with Crippen LogP contribution in [0, 0.1) is 5.92 Å². The second kappa shape index (κ2) is 10.8. The molecule has 1 fully saturated rings. The second-order valence-electron chi connectivity index (χ2n) is 8.40. The van der Waals surface area contributed by atoms with Crippen molar-refractivity contribution in [3.8, 4) is 5.75 Å². The summed E-state index contributed by atoms with van der Waals surface area (Å²) in [6.07, 6.45) is 3.25. The summed E-state index contributed by atoms with van der Waals surface area (Å²) < 4.78 is 6.55. The van der Waals surface area contributed by atoms with Crippen molar-refractivity contribution in [3.63, 3.8) is 0 Å². The van der Waals surface area contributed by atoms with E-state index in [9.17, 15) is 9.59 Å². The molecule has 1 amide bonds. The Bertz CT molecular complexity index is 1120. The average Bonchev–Trinajstić information content (AvgIpc) is 2.85. The molecule has 0 radical (unpaired) electrons. The molecule has 0 saturated carbocycles. The summed E-state index contributed by atoms with van der Waals surface area (Å²) in [4.78, 5) is 27.0. The first-order valence-corrected chi connectivity index (χ1v) is 11.4. The molecule has 33 heavy (non-hydrogen) atoms. The molecule has 0 atom stereocenters. The number of ether oxygens (including phenoxy) is 1. The van der Waals surface area contributed by atoms with E-state index in [-0.39, 0.29) is 18.0 Å². The number of carbonyl (C=O) groups excluding carboxylic acids is 1. The SMILES string of the molecule is COc1ccccc1CNC(=O)Cn1nc(N2CCC(Cc3ccccc3)CC2)ccc1=O. The van der Waals surface area contributed by atoms with Gasteiger partial charge in [-0.3, -0.25) is 9.59 Å². The highest BCUT2D eigenvalue weighted by Crippen LogP contribution is 2.24. The molecule has 1 saturated heterocycles. The Morgan fingerprint density at radius 1 is 1.03 bits per heavy atom. The summed E-state index contributed by atoms with van der Waals surface area (Å²) in [5, 5.41) is 7.32. The summed E-state index contributed by atoms with van der Waals surface area (Å²) in [6.45, 7) is 1.99. The second-order valence-corrected chi connectivity index (χ2v) is 8.40. The van der Waals surface area contributed by atoms with Crippen LogP contribution in [0.25, 0.3) is 0 Å². The fourth-order valence-electron chi connectivity index (χ4n) is 4.27. The lowest BCUT2D eigenvalue weighted by atomic mass is 9.90. The molecule has 1 N–H and O–H groups in total. The number of nitrogens with zero attached hydrogens (tertiary/aromatic N) is 3. The van der Waals surface area contributed by atoms with Crippen LogP contribution in [0.3, 0.4) is 0 Å². The summed E-state index contributed by atoms with van der Waals surface area (Å²) >= 11 is 0. The van der Waals surface area contributed by atoms with Crippen molar-refractivity contribution in [2.75, 3.05) is 25.1 Å². The third kappa shape index (κ3) is 6.00. The largest absolute Gasteiger partial charge is 0.496 e. The molecule has 2 aromatic carbocycles. The molecule has 7 nitrogen and oxygen atoms in total. The number of benzene rings is 2. The molecule has 1 aliphatic rings. The number of carbonyl (C=O) groups is 1. The number of hydrogen-bond donors (Lipinski definition) is 1. The van der Waals surface area contributed by atoms with Crippen LogP contribution in [-0.2, 0) is 24.3 Å². The third-order valence-electron chi connectivity index (χ3n) is 6.12. The standard InChI is InChI=1S/C26H30N4O3/c1-33-23-10-6-5-9-22(23)18-27-25(31)19-30-26(32)12-11-24(28-30)29-15-13-21(14-16-29)17-20-7-3-2-4-8-20/h2-12,21H,13-19H2,1H3,(H,27,31). The third-order valence-corrected chi connectivity index (χ3v) is 6.12. The van der Waals surface area contributed by atoms with Crippen LogP contribution in [-0.4, -0.2) is 35.9 Å². The van der Waals surface area contributed by atoms with Crippen LogP contribution >= 0.6 is 0 Å². The van der Waals surface area contributed by atoms with Crippen LogP contribution in [0.5, 0.6) is 5.75 Å². The first-order valence-electron chi connectivity index (χ1n) is 11.4. The van der Waals surface area contributed by atoms with Crippen molar-refractivity contribution in [1.29, 1.82) is 0 Å². The molecular weight excluding hydrogens is 416 g/mol. The van der Waals surface area contributed by atoms with E-state index in [1.807, 2.05) is 30.3 Å². The van der Waals surface area contributed by atoms with E-state index in [4.69, 9.17) is 4.74 Å². The number of piperidine rings is 1. The van der Waals surface area contributed by atoms with Gasteiger partial charge >= 0.3 is 0 Å². The fourth-order valence-corrected chi connectivity index (χ4v) is 4.27. The number of anilines is 1. The summed E-state index contributed by atoms with van der Waals surface area (Å²) in [5.74, 6) is 1.83. The van der Waals surface area contributed by atoms with Crippen molar-refractivity contribution in [2.24, 2.45) is 5.92 Å². The van der Waals surface area contributed by atoms with E-state index in [1.54, 1.807) is 13.2 Å². The maximum Gasteiger partial charge on any atom is 0.267 e. The molecule has 7 heteroatoms. The Kier molecular flexibility index (Phi) is 7.40. The number of rotatable bonds is 8. The summed E-state index contributed by atoms with van der Waals surface area (Å²) in [6, 6.07) is 21.3. The molecule has 0 unspecified atom stereocenters. The highest BCUT2D eigenvalue weighted by Gasteiger charge is 2.21. The van der Waals surface area contributed by atoms with Crippen LogP contribution in [0.15, 0.2) is 71.5 Å². The van der Waals surface area contributed by atoms with Gasteiger partial charge in [0.25, 0.3) is 5.56 Å². The van der Waals surface area contributed by atoms with Gasteiger partial charge in [-0.05, 0) is 42.9 Å². The van der Waals surface area contributed by atoms with Crippen molar-refractivity contribution in [1.82, 2.24) is 15.1 Å². The Labute approximate surface area is 194 Å². The van der Waals surface area contributed by atoms with Gasteiger partial charge in [-0.1, -0.05) is 48.5 Å². The topological polar surface area (TPSA) is 76.5 Å². The Morgan fingerprint density at radius 2 is 1.76 bits per heavy atom. The lowest BCUT2D eigenvalue weighted by Crippen LogP contribution is -2.38. The zero-order valence-corrected chi connectivity index (χ0v) is 18.9. The molecule has 1 aromatic heterocycles. The molecular formula is C26H30N4O3. The average molecular weight is 447 g/mol. The van der Waals surface area contributed by atoms with Gasteiger partial charge in [-0.25, -0.2) is 4.68 Å². The number of para-hydroxylation sites is 1. The maximum atomic E-state index is 12.5. The smallest absolute Gasteiger partial charge is 0.267 e. The van der Waals surface area contributed by atoms with Crippen molar-refractivity contribution in [3.05, 3.63) is 88.2 Å².